The Morgan fingerprint density at radius 1 is 1.35 bits per heavy atom. The number of amides is 1. The molecule has 0 radical (unpaired) electrons. The van der Waals surface area contributed by atoms with E-state index in [1.54, 1.807) is 10.9 Å². The fourth-order valence-electron chi connectivity index (χ4n) is 1.98. The first-order valence-electron chi connectivity index (χ1n) is 7.57. The molecule has 0 saturated heterocycles. The van der Waals surface area contributed by atoms with Crippen LogP contribution in [0.5, 0.6) is 0 Å². The van der Waals surface area contributed by atoms with Crippen LogP contribution in [0.3, 0.4) is 0 Å². The third-order valence-corrected chi connectivity index (χ3v) is 3.42. The van der Waals surface area contributed by atoms with Crippen LogP contribution in [-0.2, 0) is 6.54 Å². The Balaban J connectivity index is 1.85. The fourth-order valence-corrected chi connectivity index (χ4v) is 1.98. The highest BCUT2D eigenvalue weighted by molar-refractivity contribution is 5.91. The van der Waals surface area contributed by atoms with Crippen molar-refractivity contribution in [3.63, 3.8) is 0 Å². The first kappa shape index (κ1) is 17.1. The zero-order valence-electron chi connectivity index (χ0n) is 13.2. The van der Waals surface area contributed by atoms with Crippen LogP contribution in [0.25, 0.3) is 0 Å². The molecule has 1 amide bonds. The standard InChI is InChI=1S/C16H21FN4O2/c1-11(2)7-8-21-10-14(19-20-21)16(23)18-9-15(22)12-3-5-13(17)6-4-12/h3-6,10-11,15,22H,7-9H2,1-2H3,(H,18,23). The average Bonchev–Trinajstić information content (AvgIpc) is 3.00. The summed E-state index contributed by atoms with van der Waals surface area (Å²) >= 11 is 0. The van der Waals surface area contributed by atoms with Crippen molar-refractivity contribution in [2.24, 2.45) is 5.92 Å². The van der Waals surface area contributed by atoms with E-state index in [1.807, 2.05) is 0 Å². The number of nitrogens with zero attached hydrogens (tertiary/aromatic N) is 3. The summed E-state index contributed by atoms with van der Waals surface area (Å²) in [4.78, 5) is 12.0. The summed E-state index contributed by atoms with van der Waals surface area (Å²) < 4.78 is 14.5. The molecule has 0 aliphatic rings. The number of carbonyl (C=O) groups excluding carboxylic acids is 1. The van der Waals surface area contributed by atoms with Gasteiger partial charge in [0.05, 0.1) is 12.3 Å². The zero-order valence-corrected chi connectivity index (χ0v) is 13.2. The van der Waals surface area contributed by atoms with Crippen molar-refractivity contribution in [2.75, 3.05) is 6.54 Å². The zero-order chi connectivity index (χ0) is 16.8. The number of nitrogens with one attached hydrogen (secondary N) is 1. The molecular formula is C16H21FN4O2. The maximum absolute atomic E-state index is 12.8. The van der Waals surface area contributed by atoms with Crippen molar-refractivity contribution in [1.82, 2.24) is 20.3 Å². The molecule has 0 saturated carbocycles. The van der Waals surface area contributed by atoms with E-state index < -0.39 is 12.0 Å². The number of aliphatic hydroxyl groups is 1. The normalized spacial score (nSPS) is 12.4. The van der Waals surface area contributed by atoms with E-state index in [-0.39, 0.29) is 18.1 Å². The van der Waals surface area contributed by atoms with Gasteiger partial charge in [-0.25, -0.2) is 4.39 Å². The van der Waals surface area contributed by atoms with E-state index >= 15 is 0 Å². The van der Waals surface area contributed by atoms with Gasteiger partial charge in [-0.2, -0.15) is 0 Å². The number of halogens is 1. The summed E-state index contributed by atoms with van der Waals surface area (Å²) in [7, 11) is 0. The fraction of sp³-hybridized carbons (Fsp3) is 0.438. The molecule has 1 aromatic carbocycles. The van der Waals surface area contributed by atoms with Gasteiger partial charge in [-0.1, -0.05) is 31.2 Å². The molecule has 0 fully saturated rings. The third kappa shape index (κ3) is 5.14. The minimum Gasteiger partial charge on any atom is -0.387 e. The number of aromatic nitrogens is 3. The molecule has 0 aliphatic heterocycles. The molecule has 7 heteroatoms. The molecule has 0 aliphatic carbocycles. The van der Waals surface area contributed by atoms with Gasteiger partial charge in [-0.15, -0.1) is 5.10 Å². The summed E-state index contributed by atoms with van der Waals surface area (Å²) in [5.74, 6) is -0.229. The molecule has 2 N–H and O–H groups in total. The number of carbonyl (C=O) groups is 1. The number of rotatable bonds is 7. The van der Waals surface area contributed by atoms with Crippen LogP contribution in [0.15, 0.2) is 30.5 Å². The molecule has 1 unspecified atom stereocenters. The molecule has 1 aromatic heterocycles. The minimum atomic E-state index is -0.907. The van der Waals surface area contributed by atoms with Gasteiger partial charge in [0, 0.05) is 13.1 Å². The average molecular weight is 320 g/mol. The van der Waals surface area contributed by atoms with Crippen LogP contribution in [0.4, 0.5) is 4.39 Å². The lowest BCUT2D eigenvalue weighted by Crippen LogP contribution is -2.28. The van der Waals surface area contributed by atoms with Crippen molar-refractivity contribution in [2.45, 2.75) is 32.9 Å². The van der Waals surface area contributed by atoms with E-state index in [2.05, 4.69) is 29.5 Å². The van der Waals surface area contributed by atoms with E-state index in [0.29, 0.717) is 18.0 Å². The van der Waals surface area contributed by atoms with Gasteiger partial charge in [0.2, 0.25) is 0 Å². The summed E-state index contributed by atoms with van der Waals surface area (Å²) in [6.07, 6.45) is 1.63. The van der Waals surface area contributed by atoms with Crippen molar-refractivity contribution >= 4 is 5.91 Å². The summed E-state index contributed by atoms with van der Waals surface area (Å²) in [5, 5.41) is 20.3. The van der Waals surface area contributed by atoms with Gasteiger partial charge in [0.1, 0.15) is 5.82 Å². The Morgan fingerprint density at radius 2 is 2.04 bits per heavy atom. The monoisotopic (exact) mass is 320 g/mol. The lowest BCUT2D eigenvalue weighted by molar-refractivity contribution is 0.0911. The Hall–Kier alpha value is -2.28. The summed E-state index contributed by atoms with van der Waals surface area (Å²) in [6, 6.07) is 5.49. The molecule has 2 aromatic rings. The predicted octanol–water partition coefficient (Wildman–Crippen LogP) is 1.93. The van der Waals surface area contributed by atoms with Crippen LogP contribution in [0.1, 0.15) is 42.4 Å². The summed E-state index contributed by atoms with van der Waals surface area (Å²) in [5.41, 5.74) is 0.743. The van der Waals surface area contributed by atoms with Crippen molar-refractivity contribution in [3.05, 3.63) is 47.5 Å². The minimum absolute atomic E-state index is 0.0172. The Kier molecular flexibility index (Phi) is 5.81. The highest BCUT2D eigenvalue weighted by Crippen LogP contribution is 2.12. The van der Waals surface area contributed by atoms with Gasteiger partial charge in [0.25, 0.3) is 5.91 Å². The first-order chi connectivity index (χ1) is 11.0. The van der Waals surface area contributed by atoms with Gasteiger partial charge in [-0.3, -0.25) is 9.48 Å². The molecular weight excluding hydrogens is 299 g/mol. The molecule has 23 heavy (non-hydrogen) atoms. The van der Waals surface area contributed by atoms with Crippen LogP contribution < -0.4 is 5.32 Å². The van der Waals surface area contributed by atoms with Crippen LogP contribution in [0.2, 0.25) is 0 Å². The van der Waals surface area contributed by atoms with Crippen molar-refractivity contribution in [1.29, 1.82) is 0 Å². The van der Waals surface area contributed by atoms with E-state index in [4.69, 9.17) is 0 Å². The number of hydrogen-bond acceptors (Lipinski definition) is 4. The van der Waals surface area contributed by atoms with Gasteiger partial charge >= 0.3 is 0 Å². The maximum Gasteiger partial charge on any atom is 0.273 e. The maximum atomic E-state index is 12.8. The molecule has 124 valence electrons. The Bertz CT molecular complexity index is 640. The number of aliphatic hydroxyl groups excluding tert-OH is 1. The van der Waals surface area contributed by atoms with E-state index in [0.717, 1.165) is 6.42 Å². The van der Waals surface area contributed by atoms with Crippen LogP contribution in [-0.4, -0.2) is 32.6 Å². The second kappa shape index (κ2) is 7.82. The topological polar surface area (TPSA) is 80.0 Å². The smallest absolute Gasteiger partial charge is 0.273 e. The predicted molar refractivity (Wildman–Crippen MR) is 83.2 cm³/mol. The molecule has 6 nitrogen and oxygen atoms in total. The number of hydrogen-bond donors (Lipinski definition) is 2. The second-order valence-corrected chi connectivity index (χ2v) is 5.83. The summed E-state index contributed by atoms with van der Waals surface area (Å²) in [6.45, 7) is 4.95. The van der Waals surface area contributed by atoms with Crippen molar-refractivity contribution in [3.8, 4) is 0 Å². The van der Waals surface area contributed by atoms with Gasteiger partial charge < -0.3 is 10.4 Å². The largest absolute Gasteiger partial charge is 0.387 e. The van der Waals surface area contributed by atoms with E-state index in [1.165, 1.54) is 24.3 Å². The SMILES string of the molecule is CC(C)CCn1cc(C(=O)NCC(O)c2ccc(F)cc2)nn1. The molecule has 1 heterocycles. The number of aryl methyl sites for hydroxylation is 1. The van der Waals surface area contributed by atoms with E-state index in [9.17, 15) is 14.3 Å². The quantitative estimate of drug-likeness (QED) is 0.817. The second-order valence-electron chi connectivity index (χ2n) is 5.83. The molecule has 1 atom stereocenters. The van der Waals surface area contributed by atoms with Gasteiger partial charge in [0.15, 0.2) is 5.69 Å². The van der Waals surface area contributed by atoms with Crippen LogP contribution in [0, 0.1) is 11.7 Å². The van der Waals surface area contributed by atoms with Crippen molar-refractivity contribution < 1.29 is 14.3 Å². The number of benzene rings is 1. The molecule has 0 bridgehead atoms. The Labute approximate surface area is 134 Å². The molecule has 2 rings (SSSR count). The Morgan fingerprint density at radius 3 is 2.70 bits per heavy atom. The van der Waals surface area contributed by atoms with Gasteiger partial charge in [-0.05, 0) is 30.0 Å². The highest BCUT2D eigenvalue weighted by Gasteiger charge is 2.14. The lowest BCUT2D eigenvalue weighted by Gasteiger charge is -2.11. The lowest BCUT2D eigenvalue weighted by atomic mass is 10.1. The third-order valence-electron chi connectivity index (χ3n) is 3.42. The van der Waals surface area contributed by atoms with Crippen LogP contribution >= 0.6 is 0 Å². The highest BCUT2D eigenvalue weighted by atomic mass is 19.1. The first-order valence-corrected chi connectivity index (χ1v) is 7.57. The molecule has 0 spiro atoms.